The van der Waals surface area contributed by atoms with E-state index in [1.807, 2.05) is 0 Å². The molecule has 0 aromatic heterocycles. The second kappa shape index (κ2) is 5.91. The summed E-state index contributed by atoms with van der Waals surface area (Å²) in [6.07, 6.45) is -0.573. The maximum absolute atomic E-state index is 12.4. The van der Waals surface area contributed by atoms with Crippen LogP contribution in [-0.2, 0) is 9.53 Å². The smallest absolute Gasteiger partial charge is 0.315 e. The Labute approximate surface area is 153 Å². The Bertz CT molecular complexity index is 432. The van der Waals surface area contributed by atoms with Gasteiger partial charge in [0, 0.05) is 5.92 Å². The monoisotopic (exact) mass is 416 g/mol. The van der Waals surface area contributed by atoms with Crippen molar-refractivity contribution in [2.75, 3.05) is 0 Å². The highest BCUT2D eigenvalue weighted by molar-refractivity contribution is 6.68. The van der Waals surface area contributed by atoms with Gasteiger partial charge in [-0.05, 0) is 32.1 Å². The van der Waals surface area contributed by atoms with E-state index in [1.165, 1.54) is 0 Å². The van der Waals surface area contributed by atoms with Crippen molar-refractivity contribution in [1.82, 2.24) is 0 Å². The van der Waals surface area contributed by atoms with Crippen LogP contribution in [0.2, 0.25) is 0 Å². The molecule has 2 fully saturated rings. The number of ether oxygens (including phenoxy) is 1. The molecule has 9 heteroatoms. The van der Waals surface area contributed by atoms with Crippen molar-refractivity contribution in [2.24, 2.45) is 17.3 Å². The van der Waals surface area contributed by atoms with Gasteiger partial charge in [-0.2, -0.15) is 0 Å². The quantitative estimate of drug-likeness (QED) is 0.467. The number of hydrogen-bond donors (Lipinski definition) is 1. The summed E-state index contributed by atoms with van der Waals surface area (Å²) in [6, 6.07) is 0. The third-order valence-electron chi connectivity index (χ3n) is 4.64. The third-order valence-corrected chi connectivity index (χ3v) is 6.21. The van der Waals surface area contributed by atoms with E-state index in [2.05, 4.69) is 0 Å². The molecule has 1 heterocycles. The Morgan fingerprint density at radius 2 is 1.71 bits per heavy atom. The summed E-state index contributed by atoms with van der Waals surface area (Å²) in [5, 5.41) is 10.6. The largest absolute Gasteiger partial charge is 0.457 e. The molecule has 2 unspecified atom stereocenters. The topological polar surface area (TPSA) is 46.5 Å². The Balaban J connectivity index is 2.29. The maximum Gasteiger partial charge on any atom is 0.315 e. The van der Waals surface area contributed by atoms with Crippen LogP contribution in [0.1, 0.15) is 26.2 Å². The van der Waals surface area contributed by atoms with Crippen molar-refractivity contribution in [1.29, 1.82) is 0 Å². The van der Waals surface area contributed by atoms with Crippen LogP contribution in [0.5, 0.6) is 0 Å². The molecule has 0 bridgehead atoms. The number of esters is 1. The van der Waals surface area contributed by atoms with Crippen molar-refractivity contribution >= 4 is 75.6 Å². The Morgan fingerprint density at radius 1 is 1.14 bits per heavy atom. The minimum absolute atomic E-state index is 0.196. The van der Waals surface area contributed by atoms with Crippen molar-refractivity contribution in [3.8, 4) is 0 Å². The summed E-state index contributed by atoms with van der Waals surface area (Å²) in [5.74, 6) is -1.47. The van der Waals surface area contributed by atoms with Gasteiger partial charge in [0.15, 0.2) is 3.79 Å². The number of aliphatic hydroxyl groups is 1. The molecule has 2 aliphatic rings. The van der Waals surface area contributed by atoms with Gasteiger partial charge in [-0.3, -0.25) is 4.79 Å². The van der Waals surface area contributed by atoms with Crippen LogP contribution in [0.25, 0.3) is 0 Å². The predicted molar refractivity (Wildman–Crippen MR) is 85.4 cm³/mol. The number of cyclic esters (lactones) is 1. The van der Waals surface area contributed by atoms with E-state index in [0.717, 1.165) is 0 Å². The highest BCUT2D eigenvalue weighted by atomic mass is 35.6. The van der Waals surface area contributed by atoms with Crippen molar-refractivity contribution in [2.45, 2.75) is 46.0 Å². The van der Waals surface area contributed by atoms with Crippen LogP contribution < -0.4 is 0 Å². The van der Waals surface area contributed by atoms with Crippen LogP contribution in [0.15, 0.2) is 0 Å². The lowest BCUT2D eigenvalue weighted by Crippen LogP contribution is -2.60. The van der Waals surface area contributed by atoms with Crippen LogP contribution in [0.3, 0.4) is 0 Å². The highest BCUT2D eigenvalue weighted by Gasteiger charge is 2.62. The number of carbonyl (C=O) groups excluding carboxylic acids is 1. The standard InChI is InChI=1S/C12H14Cl6O3/c1-10-5(2-3-6(8(10)19)11(13,14)15)4-7(12(16,17)18)21-9(10)20/h5-8,19H,2-4H2,1H3/t5-,6?,7+,8?,10-/m0/s1. The lowest BCUT2D eigenvalue weighted by atomic mass is 9.59. The average molecular weight is 419 g/mol. The Kier molecular flexibility index (Phi) is 5.21. The summed E-state index contributed by atoms with van der Waals surface area (Å²) in [7, 11) is 0. The van der Waals surface area contributed by atoms with Gasteiger partial charge in [-0.15, -0.1) is 0 Å². The molecule has 1 aliphatic carbocycles. The van der Waals surface area contributed by atoms with E-state index in [4.69, 9.17) is 74.3 Å². The van der Waals surface area contributed by atoms with Gasteiger partial charge in [0.1, 0.15) is 6.10 Å². The zero-order valence-corrected chi connectivity index (χ0v) is 15.5. The number of halogens is 6. The summed E-state index contributed by atoms with van der Waals surface area (Å²) in [4.78, 5) is 12.4. The number of rotatable bonds is 0. The summed E-state index contributed by atoms with van der Waals surface area (Å²) in [5.41, 5.74) is -1.17. The van der Waals surface area contributed by atoms with E-state index in [9.17, 15) is 9.90 Å². The molecule has 1 N–H and O–H groups in total. The van der Waals surface area contributed by atoms with Gasteiger partial charge in [0.2, 0.25) is 3.79 Å². The minimum atomic E-state index is -1.70. The predicted octanol–water partition coefficient (Wildman–Crippen LogP) is 4.44. The molecule has 0 amide bonds. The average Bonchev–Trinajstić information content (AvgIpc) is 2.29. The van der Waals surface area contributed by atoms with Crippen molar-refractivity contribution in [3.63, 3.8) is 0 Å². The second-order valence-electron chi connectivity index (χ2n) is 5.82. The molecule has 5 atom stereocenters. The Hall–Kier alpha value is 1.17. The molecule has 0 aromatic rings. The molecule has 1 saturated heterocycles. The zero-order chi connectivity index (χ0) is 16.2. The van der Waals surface area contributed by atoms with Gasteiger partial charge < -0.3 is 9.84 Å². The van der Waals surface area contributed by atoms with E-state index in [-0.39, 0.29) is 5.92 Å². The number of fused-ring (bicyclic) bond motifs is 1. The molecule has 0 radical (unpaired) electrons. The molecule has 0 spiro atoms. The van der Waals surface area contributed by atoms with Gasteiger partial charge in [-0.25, -0.2) is 0 Å². The number of carbonyl (C=O) groups is 1. The van der Waals surface area contributed by atoms with Gasteiger partial charge in [-0.1, -0.05) is 69.6 Å². The molecule has 1 aliphatic heterocycles. The lowest BCUT2D eigenvalue weighted by molar-refractivity contribution is -0.198. The SMILES string of the molecule is C[C@]12C(=O)O[C@@H](C(Cl)(Cl)Cl)C[C@@H]1CCC(C(Cl)(Cl)Cl)C2O. The normalized spacial score (nSPS) is 41.4. The first kappa shape index (κ1) is 18.5. The summed E-state index contributed by atoms with van der Waals surface area (Å²) in [6.45, 7) is 1.61. The third kappa shape index (κ3) is 3.35. The molecule has 21 heavy (non-hydrogen) atoms. The zero-order valence-electron chi connectivity index (χ0n) is 11.0. The fraction of sp³-hybridized carbons (Fsp3) is 0.917. The lowest BCUT2D eigenvalue weighted by Gasteiger charge is -2.52. The first-order valence-electron chi connectivity index (χ1n) is 6.41. The van der Waals surface area contributed by atoms with E-state index < -0.39 is 37.1 Å². The molecule has 2 rings (SSSR count). The minimum Gasteiger partial charge on any atom is -0.457 e. The molecule has 3 nitrogen and oxygen atoms in total. The number of alkyl halides is 6. The number of hydrogen-bond acceptors (Lipinski definition) is 3. The van der Waals surface area contributed by atoms with Crippen LogP contribution in [0.4, 0.5) is 0 Å². The van der Waals surface area contributed by atoms with Crippen LogP contribution in [-0.4, -0.2) is 30.9 Å². The van der Waals surface area contributed by atoms with Crippen molar-refractivity contribution in [3.05, 3.63) is 0 Å². The van der Waals surface area contributed by atoms with Crippen molar-refractivity contribution < 1.29 is 14.6 Å². The van der Waals surface area contributed by atoms with Gasteiger partial charge in [0.05, 0.1) is 11.5 Å². The van der Waals surface area contributed by atoms with Crippen LogP contribution in [0, 0.1) is 17.3 Å². The Morgan fingerprint density at radius 3 is 2.19 bits per heavy atom. The van der Waals surface area contributed by atoms with E-state index >= 15 is 0 Å². The molecular weight excluding hydrogens is 405 g/mol. The summed E-state index contributed by atoms with van der Waals surface area (Å²) >= 11 is 35.2. The molecule has 0 aromatic carbocycles. The van der Waals surface area contributed by atoms with Gasteiger partial charge in [0.25, 0.3) is 0 Å². The molecule has 122 valence electrons. The molecular formula is C12H14Cl6O3. The highest BCUT2D eigenvalue weighted by Crippen LogP contribution is 2.56. The van der Waals surface area contributed by atoms with Gasteiger partial charge >= 0.3 is 5.97 Å². The van der Waals surface area contributed by atoms with Crippen LogP contribution >= 0.6 is 69.6 Å². The first-order valence-corrected chi connectivity index (χ1v) is 8.67. The second-order valence-corrected chi connectivity index (χ2v) is 10.6. The fourth-order valence-electron chi connectivity index (χ4n) is 3.25. The fourth-order valence-corrected chi connectivity index (χ4v) is 4.34. The summed E-state index contributed by atoms with van der Waals surface area (Å²) < 4.78 is 1.88. The first-order chi connectivity index (χ1) is 9.38. The maximum atomic E-state index is 12.4. The van der Waals surface area contributed by atoms with E-state index in [0.29, 0.717) is 19.3 Å². The number of aliphatic hydroxyl groups excluding tert-OH is 1. The molecule has 1 saturated carbocycles. The van der Waals surface area contributed by atoms with E-state index in [1.54, 1.807) is 6.92 Å².